The highest BCUT2D eigenvalue weighted by atomic mass is 15.0. The summed E-state index contributed by atoms with van der Waals surface area (Å²) in [6.45, 7) is 0. The SMILES string of the molecule is C1=C[C@H]2c3ccccc3N[C@@H](c3ccc4c5c(cccc35)CC4)[C@H]2C1. The van der Waals surface area contributed by atoms with Gasteiger partial charge in [-0.25, -0.2) is 0 Å². The van der Waals surface area contributed by atoms with Crippen LogP contribution in [0, 0.1) is 5.92 Å². The number of anilines is 1. The van der Waals surface area contributed by atoms with E-state index in [0.29, 0.717) is 17.9 Å². The zero-order chi connectivity index (χ0) is 16.4. The van der Waals surface area contributed by atoms with Crippen molar-refractivity contribution in [2.45, 2.75) is 31.2 Å². The fourth-order valence-corrected chi connectivity index (χ4v) is 5.39. The largest absolute Gasteiger partial charge is 0.378 e. The van der Waals surface area contributed by atoms with Crippen molar-refractivity contribution in [3.8, 4) is 0 Å². The average Bonchev–Trinajstić information content (AvgIpc) is 3.30. The summed E-state index contributed by atoms with van der Waals surface area (Å²) in [6.07, 6.45) is 8.37. The van der Waals surface area contributed by atoms with Crippen molar-refractivity contribution in [1.82, 2.24) is 0 Å². The van der Waals surface area contributed by atoms with Gasteiger partial charge in [-0.05, 0) is 64.3 Å². The molecule has 0 bridgehead atoms. The normalized spacial score (nSPS) is 25.7. The highest BCUT2D eigenvalue weighted by Crippen LogP contribution is 2.51. The van der Waals surface area contributed by atoms with Crippen LogP contribution in [-0.2, 0) is 12.8 Å². The third kappa shape index (κ3) is 1.84. The molecule has 0 saturated heterocycles. The number of allylic oxidation sites excluding steroid dienone is 2. The van der Waals surface area contributed by atoms with Gasteiger partial charge in [0.1, 0.15) is 0 Å². The van der Waals surface area contributed by atoms with Gasteiger partial charge in [0.05, 0.1) is 6.04 Å². The second kappa shape index (κ2) is 4.98. The molecule has 3 aliphatic rings. The van der Waals surface area contributed by atoms with Crippen molar-refractivity contribution in [3.63, 3.8) is 0 Å². The first-order valence-corrected chi connectivity index (χ1v) is 9.46. The van der Waals surface area contributed by atoms with Gasteiger partial charge >= 0.3 is 0 Å². The highest BCUT2D eigenvalue weighted by molar-refractivity contribution is 5.94. The molecule has 3 aromatic carbocycles. The molecule has 1 nitrogen and oxygen atoms in total. The summed E-state index contributed by atoms with van der Waals surface area (Å²) in [5.41, 5.74) is 7.32. The minimum atomic E-state index is 0.389. The predicted octanol–water partition coefficient (Wildman–Crippen LogP) is 5.76. The minimum absolute atomic E-state index is 0.389. The Hall–Kier alpha value is -2.54. The molecule has 0 amide bonds. The molecule has 0 aromatic heterocycles. The van der Waals surface area contributed by atoms with Crippen molar-refractivity contribution >= 4 is 16.5 Å². The average molecular weight is 323 g/mol. The fourth-order valence-electron chi connectivity index (χ4n) is 5.39. The molecule has 1 aliphatic heterocycles. The van der Waals surface area contributed by atoms with E-state index < -0.39 is 0 Å². The molecule has 1 heterocycles. The van der Waals surface area contributed by atoms with Gasteiger partial charge in [-0.15, -0.1) is 0 Å². The molecule has 0 radical (unpaired) electrons. The van der Waals surface area contributed by atoms with Gasteiger partial charge in [-0.3, -0.25) is 0 Å². The van der Waals surface area contributed by atoms with E-state index in [0.717, 1.165) is 0 Å². The molecule has 0 spiro atoms. The first kappa shape index (κ1) is 13.7. The number of fused-ring (bicyclic) bond motifs is 3. The Kier molecular flexibility index (Phi) is 2.73. The van der Waals surface area contributed by atoms with Crippen LogP contribution in [0.25, 0.3) is 10.8 Å². The first-order valence-electron chi connectivity index (χ1n) is 9.46. The topological polar surface area (TPSA) is 12.0 Å². The molecule has 2 aliphatic carbocycles. The lowest BCUT2D eigenvalue weighted by molar-refractivity contribution is 0.427. The standard InChI is InChI=1S/C24H21N/c1-2-10-22-18(6-1)17-7-4-9-20(17)24(25-22)21-14-13-16-12-11-15-5-3-8-19(21)23(15)16/h1-8,10,13-14,17,20,24-25H,9,11-12H2/t17-,20-,24+/m0/s1. The zero-order valence-corrected chi connectivity index (χ0v) is 14.2. The van der Waals surface area contributed by atoms with Gasteiger partial charge in [-0.2, -0.15) is 0 Å². The van der Waals surface area contributed by atoms with E-state index in [1.54, 1.807) is 0 Å². The van der Waals surface area contributed by atoms with E-state index in [4.69, 9.17) is 0 Å². The summed E-state index contributed by atoms with van der Waals surface area (Å²) in [5.74, 6) is 1.17. The molecule has 0 fully saturated rings. The van der Waals surface area contributed by atoms with Crippen LogP contribution in [0.2, 0.25) is 0 Å². The Balaban J connectivity index is 1.56. The van der Waals surface area contributed by atoms with Crippen LogP contribution in [0.5, 0.6) is 0 Å². The number of benzene rings is 3. The lowest BCUT2D eigenvalue weighted by atomic mass is 9.76. The van der Waals surface area contributed by atoms with Crippen LogP contribution >= 0.6 is 0 Å². The lowest BCUT2D eigenvalue weighted by Gasteiger charge is -2.38. The number of nitrogens with one attached hydrogen (secondary N) is 1. The molecule has 25 heavy (non-hydrogen) atoms. The van der Waals surface area contributed by atoms with Crippen LogP contribution < -0.4 is 5.32 Å². The Labute approximate surface area is 148 Å². The Bertz CT molecular complexity index is 1020. The maximum absolute atomic E-state index is 3.90. The van der Waals surface area contributed by atoms with Crippen molar-refractivity contribution in [3.05, 3.63) is 89.0 Å². The van der Waals surface area contributed by atoms with E-state index in [2.05, 4.69) is 72.1 Å². The van der Waals surface area contributed by atoms with E-state index in [9.17, 15) is 0 Å². The third-order valence-electron chi connectivity index (χ3n) is 6.52. The molecular weight excluding hydrogens is 302 g/mol. The quantitative estimate of drug-likeness (QED) is 0.561. The van der Waals surface area contributed by atoms with Crippen molar-refractivity contribution < 1.29 is 0 Å². The maximum atomic E-state index is 3.90. The number of hydrogen-bond acceptors (Lipinski definition) is 1. The van der Waals surface area contributed by atoms with Gasteiger partial charge in [0.25, 0.3) is 0 Å². The lowest BCUT2D eigenvalue weighted by Crippen LogP contribution is -2.29. The molecule has 1 N–H and O–H groups in total. The summed E-state index contributed by atoms with van der Waals surface area (Å²) in [7, 11) is 0. The Morgan fingerprint density at radius 1 is 0.800 bits per heavy atom. The summed E-state index contributed by atoms with van der Waals surface area (Å²) < 4.78 is 0. The number of para-hydroxylation sites is 1. The van der Waals surface area contributed by atoms with Crippen LogP contribution in [0.3, 0.4) is 0 Å². The highest BCUT2D eigenvalue weighted by Gasteiger charge is 2.38. The minimum Gasteiger partial charge on any atom is -0.378 e. The molecule has 122 valence electrons. The van der Waals surface area contributed by atoms with Gasteiger partial charge in [0.15, 0.2) is 0 Å². The van der Waals surface area contributed by atoms with Crippen LogP contribution in [0.15, 0.2) is 66.7 Å². The second-order valence-electron chi connectivity index (χ2n) is 7.72. The third-order valence-corrected chi connectivity index (χ3v) is 6.52. The van der Waals surface area contributed by atoms with E-state index in [-0.39, 0.29) is 0 Å². The Morgan fingerprint density at radius 3 is 2.64 bits per heavy atom. The summed E-state index contributed by atoms with van der Waals surface area (Å²) in [4.78, 5) is 0. The number of hydrogen-bond donors (Lipinski definition) is 1. The molecule has 6 rings (SSSR count). The molecule has 0 unspecified atom stereocenters. The molecule has 0 saturated carbocycles. The van der Waals surface area contributed by atoms with Crippen LogP contribution in [0.4, 0.5) is 5.69 Å². The van der Waals surface area contributed by atoms with Gasteiger partial charge in [0, 0.05) is 11.6 Å². The smallest absolute Gasteiger partial charge is 0.0560 e. The van der Waals surface area contributed by atoms with E-state index in [1.807, 2.05) is 0 Å². The maximum Gasteiger partial charge on any atom is 0.0560 e. The molecule has 3 atom stereocenters. The molecule has 3 aromatic rings. The predicted molar refractivity (Wildman–Crippen MR) is 104 cm³/mol. The summed E-state index contributed by atoms with van der Waals surface area (Å²) >= 11 is 0. The van der Waals surface area contributed by atoms with Crippen LogP contribution in [0.1, 0.15) is 40.6 Å². The van der Waals surface area contributed by atoms with Crippen LogP contribution in [-0.4, -0.2) is 0 Å². The van der Waals surface area contributed by atoms with Gasteiger partial charge in [-0.1, -0.05) is 60.7 Å². The summed E-state index contributed by atoms with van der Waals surface area (Å²) in [5, 5.41) is 6.89. The van der Waals surface area contributed by atoms with Gasteiger partial charge in [0.2, 0.25) is 0 Å². The van der Waals surface area contributed by atoms with Gasteiger partial charge < -0.3 is 5.32 Å². The zero-order valence-electron chi connectivity index (χ0n) is 14.2. The van der Waals surface area contributed by atoms with E-state index in [1.165, 1.54) is 58.0 Å². The number of rotatable bonds is 1. The fraction of sp³-hybridized carbons (Fsp3) is 0.250. The van der Waals surface area contributed by atoms with Crippen molar-refractivity contribution in [2.75, 3.05) is 5.32 Å². The molecular formula is C24H21N. The summed E-state index contributed by atoms with van der Waals surface area (Å²) in [6, 6.07) is 20.9. The Morgan fingerprint density at radius 2 is 1.68 bits per heavy atom. The first-order chi connectivity index (χ1) is 12.4. The second-order valence-corrected chi connectivity index (χ2v) is 7.72. The molecule has 1 heteroatoms. The monoisotopic (exact) mass is 323 g/mol. The van der Waals surface area contributed by atoms with Crippen molar-refractivity contribution in [1.29, 1.82) is 0 Å². The van der Waals surface area contributed by atoms with E-state index >= 15 is 0 Å². The van der Waals surface area contributed by atoms with Crippen molar-refractivity contribution in [2.24, 2.45) is 5.92 Å². The number of aryl methyl sites for hydroxylation is 2.